The highest BCUT2D eigenvalue weighted by atomic mass is 32.1. The first-order valence-electron chi connectivity index (χ1n) is 8.01. The summed E-state index contributed by atoms with van der Waals surface area (Å²) in [6, 6.07) is 0.799. The summed E-state index contributed by atoms with van der Waals surface area (Å²) >= 11 is 1.84. The Labute approximate surface area is 128 Å². The van der Waals surface area contributed by atoms with Crippen LogP contribution >= 0.6 is 11.3 Å². The summed E-state index contributed by atoms with van der Waals surface area (Å²) in [7, 11) is 0. The molecule has 2 rings (SSSR count). The van der Waals surface area contributed by atoms with Gasteiger partial charge in [-0.15, -0.1) is 11.3 Å². The zero-order valence-electron chi connectivity index (χ0n) is 13.8. The van der Waals surface area contributed by atoms with Gasteiger partial charge < -0.3 is 5.32 Å². The van der Waals surface area contributed by atoms with Gasteiger partial charge in [-0.1, -0.05) is 41.0 Å². The molecular weight excluding hydrogens is 264 g/mol. The van der Waals surface area contributed by atoms with E-state index in [1.165, 1.54) is 36.4 Å². The van der Waals surface area contributed by atoms with Crippen LogP contribution in [0.15, 0.2) is 5.38 Å². The Morgan fingerprint density at radius 2 is 2.00 bits per heavy atom. The lowest BCUT2D eigenvalue weighted by Crippen LogP contribution is -2.34. The summed E-state index contributed by atoms with van der Waals surface area (Å²) in [6.45, 7) is 12.6. The van der Waals surface area contributed by atoms with E-state index >= 15 is 0 Å². The van der Waals surface area contributed by atoms with E-state index in [9.17, 15) is 0 Å². The van der Waals surface area contributed by atoms with Crippen LogP contribution in [0.2, 0.25) is 0 Å². The zero-order chi connectivity index (χ0) is 14.8. The molecule has 1 N–H and O–H groups in total. The second-order valence-electron chi connectivity index (χ2n) is 7.77. The van der Waals surface area contributed by atoms with Crippen LogP contribution in [-0.2, 0) is 11.8 Å². The van der Waals surface area contributed by atoms with E-state index in [0.717, 1.165) is 19.0 Å². The van der Waals surface area contributed by atoms with Crippen molar-refractivity contribution in [2.24, 2.45) is 5.41 Å². The first kappa shape index (κ1) is 16.0. The van der Waals surface area contributed by atoms with Gasteiger partial charge in [-0.05, 0) is 24.7 Å². The smallest absolute Gasteiger partial charge is 0.0934 e. The van der Waals surface area contributed by atoms with Crippen molar-refractivity contribution in [3.05, 3.63) is 16.1 Å². The number of thiazole rings is 1. The van der Waals surface area contributed by atoms with Crippen molar-refractivity contribution in [2.75, 3.05) is 6.54 Å². The van der Waals surface area contributed by atoms with Gasteiger partial charge in [0.05, 0.1) is 10.7 Å². The molecule has 0 spiro atoms. The average molecular weight is 295 g/mol. The van der Waals surface area contributed by atoms with E-state index in [1.54, 1.807) is 0 Å². The molecule has 1 aromatic heterocycles. The Kier molecular flexibility index (Phi) is 4.91. The van der Waals surface area contributed by atoms with Crippen LogP contribution in [0.4, 0.5) is 0 Å². The van der Waals surface area contributed by atoms with Crippen molar-refractivity contribution < 1.29 is 0 Å². The molecule has 1 heterocycles. The maximum absolute atomic E-state index is 4.88. The SMILES string of the molecule is CCCC(C)(CNC1CC1)Cc1nc(C(C)(C)C)cs1. The maximum Gasteiger partial charge on any atom is 0.0934 e. The van der Waals surface area contributed by atoms with Gasteiger partial charge in [0.25, 0.3) is 0 Å². The van der Waals surface area contributed by atoms with Crippen LogP contribution in [-0.4, -0.2) is 17.6 Å². The molecule has 1 unspecified atom stereocenters. The number of nitrogens with zero attached hydrogens (tertiary/aromatic N) is 1. The van der Waals surface area contributed by atoms with Crippen LogP contribution in [0.3, 0.4) is 0 Å². The third kappa shape index (κ3) is 4.56. The lowest BCUT2D eigenvalue weighted by atomic mass is 9.82. The second-order valence-corrected chi connectivity index (χ2v) is 8.71. The summed E-state index contributed by atoms with van der Waals surface area (Å²) in [4.78, 5) is 4.88. The largest absolute Gasteiger partial charge is 0.313 e. The Balaban J connectivity index is 2.00. The first-order valence-corrected chi connectivity index (χ1v) is 8.89. The Bertz CT molecular complexity index is 428. The van der Waals surface area contributed by atoms with Crippen molar-refractivity contribution >= 4 is 11.3 Å². The third-order valence-electron chi connectivity index (χ3n) is 4.15. The highest BCUT2D eigenvalue weighted by Crippen LogP contribution is 2.32. The van der Waals surface area contributed by atoms with Gasteiger partial charge in [0.15, 0.2) is 0 Å². The number of hydrogen-bond donors (Lipinski definition) is 1. The minimum Gasteiger partial charge on any atom is -0.313 e. The standard InChI is InChI=1S/C17H30N2S/c1-6-9-17(5,12-18-13-7-8-13)10-15-19-14(11-20-15)16(2,3)4/h11,13,18H,6-10,12H2,1-5H3. The lowest BCUT2D eigenvalue weighted by Gasteiger charge is -2.29. The highest BCUT2D eigenvalue weighted by Gasteiger charge is 2.29. The van der Waals surface area contributed by atoms with Crippen LogP contribution in [0.25, 0.3) is 0 Å². The fourth-order valence-corrected chi connectivity index (χ4v) is 3.86. The Morgan fingerprint density at radius 3 is 2.50 bits per heavy atom. The van der Waals surface area contributed by atoms with E-state index in [4.69, 9.17) is 4.98 Å². The summed E-state index contributed by atoms with van der Waals surface area (Å²) in [6.07, 6.45) is 6.38. The van der Waals surface area contributed by atoms with E-state index < -0.39 is 0 Å². The molecule has 2 nitrogen and oxygen atoms in total. The van der Waals surface area contributed by atoms with E-state index in [0.29, 0.717) is 5.41 Å². The number of nitrogens with one attached hydrogen (secondary N) is 1. The number of rotatable bonds is 7. The van der Waals surface area contributed by atoms with Crippen molar-refractivity contribution in [3.8, 4) is 0 Å². The molecule has 20 heavy (non-hydrogen) atoms. The predicted octanol–water partition coefficient (Wildman–Crippen LogP) is 4.54. The summed E-state index contributed by atoms with van der Waals surface area (Å²) in [5.41, 5.74) is 1.76. The fraction of sp³-hybridized carbons (Fsp3) is 0.824. The number of hydrogen-bond acceptors (Lipinski definition) is 3. The molecule has 1 aliphatic rings. The average Bonchev–Trinajstić information content (AvgIpc) is 3.05. The van der Waals surface area contributed by atoms with Crippen LogP contribution in [0, 0.1) is 5.41 Å². The van der Waals surface area contributed by atoms with Crippen LogP contribution < -0.4 is 5.32 Å². The van der Waals surface area contributed by atoms with E-state index in [1.807, 2.05) is 11.3 Å². The molecule has 0 aromatic carbocycles. The quantitative estimate of drug-likeness (QED) is 0.798. The Morgan fingerprint density at radius 1 is 1.30 bits per heavy atom. The first-order chi connectivity index (χ1) is 9.32. The minimum absolute atomic E-state index is 0.169. The van der Waals surface area contributed by atoms with Crippen molar-refractivity contribution in [1.82, 2.24) is 10.3 Å². The molecule has 0 amide bonds. The summed E-state index contributed by atoms with van der Waals surface area (Å²) in [5, 5.41) is 7.27. The molecule has 3 heteroatoms. The van der Waals surface area contributed by atoms with E-state index in [-0.39, 0.29) is 5.41 Å². The topological polar surface area (TPSA) is 24.9 Å². The molecule has 114 valence electrons. The zero-order valence-corrected chi connectivity index (χ0v) is 14.6. The van der Waals surface area contributed by atoms with Gasteiger partial charge in [0.2, 0.25) is 0 Å². The van der Waals surface area contributed by atoms with Gasteiger partial charge in [0.1, 0.15) is 0 Å². The molecule has 1 aliphatic carbocycles. The molecule has 1 saturated carbocycles. The van der Waals surface area contributed by atoms with Gasteiger partial charge in [0, 0.05) is 29.8 Å². The molecule has 0 aliphatic heterocycles. The number of aromatic nitrogens is 1. The van der Waals surface area contributed by atoms with Crippen molar-refractivity contribution in [3.63, 3.8) is 0 Å². The molecule has 0 saturated heterocycles. The molecule has 0 radical (unpaired) electrons. The van der Waals surface area contributed by atoms with Gasteiger partial charge in [-0.3, -0.25) is 0 Å². The van der Waals surface area contributed by atoms with Gasteiger partial charge >= 0.3 is 0 Å². The third-order valence-corrected chi connectivity index (χ3v) is 5.00. The van der Waals surface area contributed by atoms with Gasteiger partial charge in [-0.2, -0.15) is 0 Å². The molecule has 0 bridgehead atoms. The van der Waals surface area contributed by atoms with Crippen LogP contribution in [0.1, 0.15) is 71.0 Å². The monoisotopic (exact) mass is 294 g/mol. The summed E-state index contributed by atoms with van der Waals surface area (Å²) in [5.74, 6) is 0. The second kappa shape index (κ2) is 6.15. The minimum atomic E-state index is 0.169. The normalized spacial score (nSPS) is 19.1. The molecule has 1 aromatic rings. The highest BCUT2D eigenvalue weighted by molar-refractivity contribution is 7.09. The van der Waals surface area contributed by atoms with Crippen LogP contribution in [0.5, 0.6) is 0 Å². The van der Waals surface area contributed by atoms with Crippen molar-refractivity contribution in [1.29, 1.82) is 0 Å². The Hall–Kier alpha value is -0.410. The molecule has 1 fully saturated rings. The fourth-order valence-electron chi connectivity index (χ4n) is 2.62. The lowest BCUT2D eigenvalue weighted by molar-refractivity contribution is 0.273. The molecule has 1 atom stereocenters. The van der Waals surface area contributed by atoms with Gasteiger partial charge in [-0.25, -0.2) is 4.98 Å². The molecular formula is C17H30N2S. The maximum atomic E-state index is 4.88. The van der Waals surface area contributed by atoms with Crippen molar-refractivity contribution in [2.45, 2.75) is 78.2 Å². The van der Waals surface area contributed by atoms with E-state index in [2.05, 4.69) is 45.3 Å². The summed E-state index contributed by atoms with van der Waals surface area (Å²) < 4.78 is 0. The predicted molar refractivity (Wildman–Crippen MR) is 88.6 cm³/mol.